The number of aromatic nitrogens is 2. The number of nitrogens with zero attached hydrogens (tertiary/aromatic N) is 7. The number of hydrogen-bond donors (Lipinski definition) is 4. The molecule has 3 atom stereocenters. The number of methoxy groups -OCH3 is 1. The van der Waals surface area contributed by atoms with Crippen LogP contribution in [0.2, 0.25) is 5.15 Å². The number of guanidine groups is 1. The maximum atomic E-state index is 14.8. The van der Waals surface area contributed by atoms with Gasteiger partial charge >= 0.3 is 24.3 Å². The van der Waals surface area contributed by atoms with Crippen molar-refractivity contribution in [1.29, 1.82) is 0 Å². The van der Waals surface area contributed by atoms with Gasteiger partial charge in [-0.25, -0.2) is 41.8 Å². The van der Waals surface area contributed by atoms with Gasteiger partial charge in [0.05, 0.1) is 25.4 Å². The molecule has 20 heteroatoms. The van der Waals surface area contributed by atoms with Crippen molar-refractivity contribution in [3.8, 4) is 11.3 Å². The number of benzene rings is 1. The molecule has 57 heavy (non-hydrogen) atoms. The van der Waals surface area contributed by atoms with E-state index >= 15 is 0 Å². The lowest BCUT2D eigenvalue weighted by Gasteiger charge is -2.51. The molecular formula is C37H54ClN9O9S. The first-order valence-electron chi connectivity index (χ1n) is 18.8. The van der Waals surface area contributed by atoms with Crippen molar-refractivity contribution >= 4 is 57.6 Å². The van der Waals surface area contributed by atoms with Crippen molar-refractivity contribution in [2.24, 2.45) is 22.2 Å². The van der Waals surface area contributed by atoms with Crippen molar-refractivity contribution < 1.29 is 42.5 Å². The fraction of sp³-hybridized carbons (Fsp3) is 0.622. The van der Waals surface area contributed by atoms with Gasteiger partial charge in [-0.3, -0.25) is 5.32 Å². The number of carbonyl (C=O) groups excluding carboxylic acids is 2. The Hall–Kier alpha value is -4.62. The van der Waals surface area contributed by atoms with E-state index in [4.69, 9.17) is 16.6 Å². The first kappa shape index (κ1) is 43.5. The van der Waals surface area contributed by atoms with E-state index in [0.717, 1.165) is 4.90 Å². The Labute approximate surface area is 338 Å². The molecule has 5 rings (SSSR count). The molecule has 0 radical (unpaired) electrons. The molecule has 1 unspecified atom stereocenters. The number of urea groups is 1. The second kappa shape index (κ2) is 16.7. The highest BCUT2D eigenvalue weighted by Gasteiger charge is 2.48. The van der Waals surface area contributed by atoms with Gasteiger partial charge in [-0.2, -0.15) is 0 Å². The topological polar surface area (TPSA) is 221 Å². The highest BCUT2D eigenvalue weighted by molar-refractivity contribution is 7.88. The van der Waals surface area contributed by atoms with Crippen molar-refractivity contribution in [1.82, 2.24) is 33.9 Å². The number of halogens is 1. The first-order valence-corrected chi connectivity index (χ1v) is 21.0. The number of aliphatic imine (C=N–C) groups is 1. The van der Waals surface area contributed by atoms with E-state index < -0.39 is 51.3 Å². The van der Waals surface area contributed by atoms with Crippen LogP contribution in [-0.4, -0.2) is 147 Å². The number of piperazine rings is 1. The minimum absolute atomic E-state index is 0.0292. The minimum atomic E-state index is -3.33. The Morgan fingerprint density at radius 1 is 0.965 bits per heavy atom. The number of hydrogen-bond acceptors (Lipinski definition) is 8. The van der Waals surface area contributed by atoms with Gasteiger partial charge in [0, 0.05) is 56.1 Å². The smallest absolute Gasteiger partial charge is 0.434 e. The Morgan fingerprint density at radius 2 is 1.60 bits per heavy atom. The van der Waals surface area contributed by atoms with Gasteiger partial charge < -0.3 is 34.6 Å². The van der Waals surface area contributed by atoms with E-state index in [1.165, 1.54) is 17.7 Å². The summed E-state index contributed by atoms with van der Waals surface area (Å²) in [4.78, 5) is 69.2. The average Bonchev–Trinajstić information content (AvgIpc) is 3.73. The number of H-pyrrole nitrogens is 1. The summed E-state index contributed by atoms with van der Waals surface area (Å²) in [5.74, 6) is 0.444. The maximum Gasteiger partial charge on any atom is 0.434 e. The van der Waals surface area contributed by atoms with Crippen LogP contribution in [0.25, 0.3) is 11.3 Å². The fourth-order valence-electron chi connectivity index (χ4n) is 8.08. The predicted molar refractivity (Wildman–Crippen MR) is 214 cm³/mol. The molecule has 1 aromatic carbocycles. The van der Waals surface area contributed by atoms with Crippen LogP contribution in [0.1, 0.15) is 72.7 Å². The molecule has 3 aliphatic rings. The average molecular weight is 836 g/mol. The van der Waals surface area contributed by atoms with Gasteiger partial charge in [-0.1, -0.05) is 44.5 Å². The summed E-state index contributed by atoms with van der Waals surface area (Å²) in [6.07, 6.45) is -0.443. The number of sulfonamides is 1. The van der Waals surface area contributed by atoms with Crippen molar-refractivity contribution in [3.05, 3.63) is 35.2 Å². The van der Waals surface area contributed by atoms with Crippen LogP contribution in [-0.2, 0) is 14.8 Å². The normalized spacial score (nSPS) is 21.7. The first-order chi connectivity index (χ1) is 26.5. The van der Waals surface area contributed by atoms with Gasteiger partial charge in [-0.15, -0.1) is 4.99 Å². The second-order valence-corrected chi connectivity index (χ2v) is 19.3. The lowest BCUT2D eigenvalue weighted by molar-refractivity contribution is 0.0477. The van der Waals surface area contributed by atoms with E-state index in [0.29, 0.717) is 61.7 Å². The molecule has 1 aromatic heterocycles. The summed E-state index contributed by atoms with van der Waals surface area (Å²) >= 11 is 6.77. The van der Waals surface area contributed by atoms with E-state index in [2.05, 4.69) is 20.0 Å². The highest BCUT2D eigenvalue weighted by Crippen LogP contribution is 2.43. The molecule has 0 spiro atoms. The molecule has 314 valence electrons. The third kappa shape index (κ3) is 9.92. The Bertz CT molecular complexity index is 1970. The highest BCUT2D eigenvalue weighted by atomic mass is 35.5. The monoisotopic (exact) mass is 835 g/mol. The number of ether oxygens (including phenoxy) is 1. The third-order valence-corrected chi connectivity index (χ3v) is 12.5. The molecule has 18 nitrogen and oxygen atoms in total. The number of anilines is 1. The molecule has 3 fully saturated rings. The Balaban J connectivity index is 1.46. The molecule has 4 heterocycles. The van der Waals surface area contributed by atoms with Crippen LogP contribution in [0.15, 0.2) is 29.3 Å². The number of nitrogens with one attached hydrogen (secondary N) is 2. The van der Waals surface area contributed by atoms with Gasteiger partial charge in [-0.05, 0) is 69.4 Å². The van der Waals surface area contributed by atoms with Crippen LogP contribution < -0.4 is 5.32 Å². The Morgan fingerprint density at radius 3 is 2.12 bits per heavy atom. The van der Waals surface area contributed by atoms with Crippen LogP contribution >= 0.6 is 11.6 Å². The standard InChI is InChI=1S/C37H54ClN9O9S/c1-36(2,3)27-21-43(17-18-45(27)31(42-32(48)49)47(35(52)53)37(4,5)6)34(51)46-20-24(22-13-15-44(16-14-22)57(8,54)55)19-26(46)30-40-28(29(38)41-30)23-9-11-25(12-10-23)39-33(50)56-7/h9-12,22,24,26-27H,13-21H2,1-8H3,(H,39,50)(H,40,41)(H,48,49)(H,52,53)/t24-,26-,27?/m0/s1. The summed E-state index contributed by atoms with van der Waals surface area (Å²) in [6, 6.07) is 5.59. The zero-order chi connectivity index (χ0) is 42.2. The van der Waals surface area contributed by atoms with Gasteiger partial charge in [0.2, 0.25) is 16.0 Å². The summed E-state index contributed by atoms with van der Waals surface area (Å²) < 4.78 is 30.7. The van der Waals surface area contributed by atoms with Crippen LogP contribution in [0.5, 0.6) is 0 Å². The Kier molecular flexibility index (Phi) is 12.7. The van der Waals surface area contributed by atoms with E-state index in [1.807, 2.05) is 20.8 Å². The van der Waals surface area contributed by atoms with Crippen LogP contribution in [0.4, 0.5) is 24.9 Å². The van der Waals surface area contributed by atoms with Gasteiger partial charge in [0.15, 0.2) is 0 Å². The number of piperidine rings is 1. The third-order valence-electron chi connectivity index (χ3n) is 11.0. The predicted octanol–water partition coefficient (Wildman–Crippen LogP) is 5.91. The van der Waals surface area contributed by atoms with E-state index in [9.17, 15) is 37.8 Å². The number of carboxylic acid groups (broad SMARTS) is 2. The molecule has 0 aliphatic carbocycles. The lowest BCUT2D eigenvalue weighted by Crippen LogP contribution is -2.66. The zero-order valence-electron chi connectivity index (χ0n) is 33.7. The molecule has 2 aromatic rings. The van der Waals surface area contributed by atoms with Crippen LogP contribution in [0.3, 0.4) is 0 Å². The largest absolute Gasteiger partial charge is 0.465 e. The maximum absolute atomic E-state index is 14.8. The zero-order valence-corrected chi connectivity index (χ0v) is 35.2. The number of carbonyl (C=O) groups is 4. The number of imidazole rings is 1. The van der Waals surface area contributed by atoms with Crippen molar-refractivity contribution in [3.63, 3.8) is 0 Å². The summed E-state index contributed by atoms with van der Waals surface area (Å²) in [6.45, 7) is 12.4. The summed E-state index contributed by atoms with van der Waals surface area (Å²) in [5.41, 5.74) is 0.0512. The second-order valence-electron chi connectivity index (χ2n) is 16.9. The number of aromatic amines is 1. The van der Waals surface area contributed by atoms with Crippen molar-refractivity contribution in [2.45, 2.75) is 78.4 Å². The SMILES string of the molecule is COC(=O)Nc1ccc(-c2nc([C@@H]3C[C@H](C4CCN(S(C)(=O)=O)CC4)CN3C(=O)N3CCN(C(=NC(=O)O)N(C(=O)O)C(C)(C)C)C(C(C)(C)C)C3)[nH]c2Cl)cc1. The summed E-state index contributed by atoms with van der Waals surface area (Å²) in [5, 5.41) is 22.9. The summed E-state index contributed by atoms with van der Waals surface area (Å²) in [7, 11) is -2.06. The van der Waals surface area contributed by atoms with Crippen molar-refractivity contribution in [2.75, 3.05) is 58.0 Å². The quantitative estimate of drug-likeness (QED) is 0.205. The van der Waals surface area contributed by atoms with Gasteiger partial charge in [0.1, 0.15) is 16.7 Å². The molecule has 0 bridgehead atoms. The number of rotatable bonds is 5. The number of likely N-dealkylation sites (tertiary alicyclic amines) is 1. The molecule has 3 aliphatic heterocycles. The molecular weight excluding hydrogens is 782 g/mol. The molecule has 3 saturated heterocycles. The molecule has 0 saturated carbocycles. The molecule has 5 amide bonds. The minimum Gasteiger partial charge on any atom is -0.465 e. The van der Waals surface area contributed by atoms with Gasteiger partial charge in [0.25, 0.3) is 0 Å². The number of amides is 5. The van der Waals surface area contributed by atoms with E-state index in [1.54, 1.807) is 59.7 Å². The fourth-order valence-corrected chi connectivity index (χ4v) is 9.20. The lowest BCUT2D eigenvalue weighted by atomic mass is 9.83. The van der Waals surface area contributed by atoms with E-state index in [-0.39, 0.29) is 48.6 Å². The molecule has 4 N–H and O–H groups in total. The van der Waals surface area contributed by atoms with Crippen LogP contribution in [0, 0.1) is 17.3 Å².